The fourth-order valence-corrected chi connectivity index (χ4v) is 3.79. The maximum absolute atomic E-state index is 12.8. The molecule has 1 aromatic heterocycles. The van der Waals surface area contributed by atoms with Gasteiger partial charge in [0.05, 0.1) is 6.54 Å². The van der Waals surface area contributed by atoms with Gasteiger partial charge in [0.2, 0.25) is 11.8 Å². The van der Waals surface area contributed by atoms with Gasteiger partial charge in [-0.25, -0.2) is 0 Å². The Morgan fingerprint density at radius 1 is 1.33 bits per heavy atom. The predicted molar refractivity (Wildman–Crippen MR) is 85.2 cm³/mol. The van der Waals surface area contributed by atoms with Crippen LogP contribution in [0.3, 0.4) is 0 Å². The van der Waals surface area contributed by atoms with Crippen LogP contribution in [0.5, 0.6) is 0 Å². The molecule has 0 spiro atoms. The van der Waals surface area contributed by atoms with E-state index in [4.69, 9.17) is 0 Å². The second-order valence-electron chi connectivity index (χ2n) is 5.75. The van der Waals surface area contributed by atoms with Crippen LogP contribution >= 0.6 is 11.3 Å². The summed E-state index contributed by atoms with van der Waals surface area (Å²) in [6, 6.07) is 1.75. The molecule has 1 aliphatic rings. The van der Waals surface area contributed by atoms with E-state index in [1.807, 2.05) is 20.8 Å². The Balaban J connectivity index is 2.32. The topological polar surface area (TPSA) is 49.4 Å². The summed E-state index contributed by atoms with van der Waals surface area (Å²) in [5.74, 6) is 0.00274. The van der Waals surface area contributed by atoms with Crippen molar-refractivity contribution in [3.63, 3.8) is 0 Å². The number of hydrogen-bond acceptors (Lipinski definition) is 3. The van der Waals surface area contributed by atoms with E-state index in [1.54, 1.807) is 16.2 Å². The highest BCUT2D eigenvalue weighted by Crippen LogP contribution is 2.27. The van der Waals surface area contributed by atoms with Crippen LogP contribution < -0.4 is 5.32 Å². The first kappa shape index (κ1) is 16.0. The Labute approximate surface area is 130 Å². The van der Waals surface area contributed by atoms with Gasteiger partial charge in [-0.05, 0) is 43.2 Å². The van der Waals surface area contributed by atoms with E-state index in [-0.39, 0.29) is 17.9 Å². The van der Waals surface area contributed by atoms with Crippen LogP contribution in [0.25, 0.3) is 0 Å². The number of aryl methyl sites for hydroxylation is 1. The summed E-state index contributed by atoms with van der Waals surface area (Å²) in [4.78, 5) is 28.1. The minimum atomic E-state index is -0.771. The molecule has 0 aromatic carbocycles. The Bertz CT molecular complexity index is 540. The van der Waals surface area contributed by atoms with Crippen molar-refractivity contribution in [2.24, 2.45) is 0 Å². The van der Waals surface area contributed by atoms with Crippen molar-refractivity contribution in [3.05, 3.63) is 21.9 Å². The summed E-state index contributed by atoms with van der Waals surface area (Å²) in [6.45, 7) is 8.37. The molecule has 2 heterocycles. The number of rotatable bonds is 5. The van der Waals surface area contributed by atoms with Gasteiger partial charge in [-0.15, -0.1) is 11.3 Å². The van der Waals surface area contributed by atoms with E-state index in [9.17, 15) is 9.59 Å². The molecule has 1 N–H and O–H groups in total. The number of thiophene rings is 1. The molecule has 1 aliphatic heterocycles. The fraction of sp³-hybridized carbons (Fsp3) is 0.625. The van der Waals surface area contributed by atoms with Gasteiger partial charge in [0.25, 0.3) is 0 Å². The average Bonchev–Trinajstić information content (AvgIpc) is 2.92. The van der Waals surface area contributed by atoms with Crippen molar-refractivity contribution < 1.29 is 9.59 Å². The molecule has 2 unspecified atom stereocenters. The first-order chi connectivity index (χ1) is 9.96. The van der Waals surface area contributed by atoms with Crippen molar-refractivity contribution in [3.8, 4) is 0 Å². The number of piperazine rings is 1. The molecule has 0 aliphatic carbocycles. The summed E-state index contributed by atoms with van der Waals surface area (Å²) in [5, 5.41) is 4.96. The van der Waals surface area contributed by atoms with Gasteiger partial charge < -0.3 is 10.2 Å². The van der Waals surface area contributed by atoms with E-state index in [0.717, 1.165) is 6.42 Å². The van der Waals surface area contributed by atoms with Crippen LogP contribution in [0, 0.1) is 0 Å². The number of carbonyl (C=O) groups excluding carboxylic acids is 2. The van der Waals surface area contributed by atoms with Gasteiger partial charge in [0, 0.05) is 4.88 Å². The molecular formula is C16H24N2O2S. The van der Waals surface area contributed by atoms with Crippen molar-refractivity contribution in [2.45, 2.75) is 65.1 Å². The number of carbonyl (C=O) groups is 2. The van der Waals surface area contributed by atoms with E-state index >= 15 is 0 Å². The van der Waals surface area contributed by atoms with Crippen LogP contribution in [0.1, 0.15) is 51.0 Å². The summed E-state index contributed by atoms with van der Waals surface area (Å²) in [6.07, 6.45) is 2.20. The molecule has 1 fully saturated rings. The minimum Gasteiger partial charge on any atom is -0.340 e. The first-order valence-electron chi connectivity index (χ1n) is 7.65. The zero-order chi connectivity index (χ0) is 15.6. The van der Waals surface area contributed by atoms with Gasteiger partial charge in [0.15, 0.2) is 0 Å². The standard InChI is InChI=1S/C16H24N2O2S/c1-5-11-8-9-21-13(11)10-18-12(6-2)14(19)17-16(4,7-3)15(18)20/h8-9,12H,5-7,10H2,1-4H3,(H,17,19). The molecule has 2 atom stereocenters. The highest BCUT2D eigenvalue weighted by Gasteiger charge is 2.46. The smallest absolute Gasteiger partial charge is 0.249 e. The van der Waals surface area contributed by atoms with E-state index in [0.29, 0.717) is 19.4 Å². The van der Waals surface area contributed by atoms with Crippen LogP contribution in [0.15, 0.2) is 11.4 Å². The zero-order valence-electron chi connectivity index (χ0n) is 13.2. The van der Waals surface area contributed by atoms with Gasteiger partial charge >= 0.3 is 0 Å². The predicted octanol–water partition coefficient (Wildman–Crippen LogP) is 2.72. The Hall–Kier alpha value is -1.36. The van der Waals surface area contributed by atoms with E-state index < -0.39 is 5.54 Å². The normalized spacial score (nSPS) is 26.1. The van der Waals surface area contributed by atoms with Gasteiger partial charge in [-0.2, -0.15) is 0 Å². The number of nitrogens with zero attached hydrogens (tertiary/aromatic N) is 1. The SMILES string of the molecule is CCc1ccsc1CN1C(=O)C(C)(CC)NC(=O)C1CC. The monoisotopic (exact) mass is 308 g/mol. The van der Waals surface area contributed by atoms with Gasteiger partial charge in [-0.1, -0.05) is 20.8 Å². The summed E-state index contributed by atoms with van der Waals surface area (Å²) in [5.41, 5.74) is 0.499. The largest absolute Gasteiger partial charge is 0.340 e. The lowest BCUT2D eigenvalue weighted by atomic mass is 9.91. The third-order valence-electron chi connectivity index (χ3n) is 4.44. The maximum atomic E-state index is 12.8. The number of amides is 2. The van der Waals surface area contributed by atoms with Crippen molar-refractivity contribution >= 4 is 23.2 Å². The average molecular weight is 308 g/mol. The number of nitrogens with one attached hydrogen (secondary N) is 1. The van der Waals surface area contributed by atoms with Crippen LogP contribution in [-0.4, -0.2) is 28.3 Å². The maximum Gasteiger partial charge on any atom is 0.249 e. The van der Waals surface area contributed by atoms with Crippen LogP contribution in [0.2, 0.25) is 0 Å². The molecule has 116 valence electrons. The quantitative estimate of drug-likeness (QED) is 0.909. The molecule has 0 radical (unpaired) electrons. The molecule has 2 amide bonds. The molecule has 1 saturated heterocycles. The van der Waals surface area contributed by atoms with Crippen LogP contribution in [0.4, 0.5) is 0 Å². The summed E-state index contributed by atoms with van der Waals surface area (Å²) >= 11 is 1.67. The van der Waals surface area contributed by atoms with Crippen molar-refractivity contribution in [1.82, 2.24) is 10.2 Å². The molecule has 0 saturated carbocycles. The number of hydrogen-bond donors (Lipinski definition) is 1. The molecule has 0 bridgehead atoms. The Kier molecular flexibility index (Phi) is 4.71. The highest BCUT2D eigenvalue weighted by molar-refractivity contribution is 7.10. The third-order valence-corrected chi connectivity index (χ3v) is 5.39. The molecule has 2 rings (SSSR count). The molecule has 4 nitrogen and oxygen atoms in total. The van der Waals surface area contributed by atoms with Crippen molar-refractivity contribution in [2.75, 3.05) is 0 Å². The Morgan fingerprint density at radius 2 is 2.05 bits per heavy atom. The highest BCUT2D eigenvalue weighted by atomic mass is 32.1. The lowest BCUT2D eigenvalue weighted by Crippen LogP contribution is -2.68. The molecule has 1 aromatic rings. The first-order valence-corrected chi connectivity index (χ1v) is 8.53. The Morgan fingerprint density at radius 3 is 2.62 bits per heavy atom. The summed E-state index contributed by atoms with van der Waals surface area (Å²) in [7, 11) is 0. The minimum absolute atomic E-state index is 0.0314. The van der Waals surface area contributed by atoms with Crippen molar-refractivity contribution in [1.29, 1.82) is 0 Å². The molecule has 21 heavy (non-hydrogen) atoms. The van der Waals surface area contributed by atoms with E-state index in [2.05, 4.69) is 23.7 Å². The lowest BCUT2D eigenvalue weighted by Gasteiger charge is -2.44. The third kappa shape index (κ3) is 2.84. The summed E-state index contributed by atoms with van der Waals surface area (Å²) < 4.78 is 0. The van der Waals surface area contributed by atoms with Gasteiger partial charge in [-0.3, -0.25) is 9.59 Å². The van der Waals surface area contributed by atoms with Crippen LogP contribution in [-0.2, 0) is 22.6 Å². The zero-order valence-corrected chi connectivity index (χ0v) is 14.0. The molecular weight excluding hydrogens is 284 g/mol. The molecule has 5 heteroatoms. The van der Waals surface area contributed by atoms with E-state index in [1.165, 1.54) is 10.4 Å². The second-order valence-corrected chi connectivity index (χ2v) is 6.76. The van der Waals surface area contributed by atoms with Gasteiger partial charge in [0.1, 0.15) is 11.6 Å². The lowest BCUT2D eigenvalue weighted by molar-refractivity contribution is -0.155. The second kappa shape index (κ2) is 6.18. The fourth-order valence-electron chi connectivity index (χ4n) is 2.81.